The third kappa shape index (κ3) is 4.02. The Morgan fingerprint density at radius 1 is 0.938 bits per heavy atom. The zero-order valence-corrected chi connectivity index (χ0v) is 17.3. The molecule has 0 saturated carbocycles. The third-order valence-corrected chi connectivity index (χ3v) is 5.26. The number of carbonyl (C=O) groups is 3. The first-order valence-electron chi connectivity index (χ1n) is 9.98. The standard InChI is InChI=1S/C24H21FN4O3/c1-24(17-12-14-18(25)15-13-17)22(31)28(23(32)26-24)16-21(30)27-29(19-8-4-2-5-9-19)20-10-6-3-7-11-20/h2-15H,16H2,1H3,(H,26,32)(H,27,30). The van der Waals surface area contributed by atoms with Crippen LogP contribution < -0.4 is 15.8 Å². The van der Waals surface area contributed by atoms with Gasteiger partial charge in [-0.2, -0.15) is 0 Å². The Labute approximate surface area is 184 Å². The molecule has 4 amide bonds. The summed E-state index contributed by atoms with van der Waals surface area (Å²) in [6.45, 7) is 1.05. The highest BCUT2D eigenvalue weighted by Gasteiger charge is 2.49. The molecule has 0 radical (unpaired) electrons. The van der Waals surface area contributed by atoms with Gasteiger partial charge in [0.05, 0.1) is 11.4 Å². The van der Waals surface area contributed by atoms with Crippen molar-refractivity contribution in [3.05, 3.63) is 96.3 Å². The van der Waals surface area contributed by atoms with Crippen molar-refractivity contribution >= 4 is 29.2 Å². The average molecular weight is 432 g/mol. The largest absolute Gasteiger partial charge is 0.325 e. The summed E-state index contributed by atoms with van der Waals surface area (Å²) in [4.78, 5) is 39.3. The fraction of sp³-hybridized carbons (Fsp3) is 0.125. The first-order chi connectivity index (χ1) is 15.4. The molecule has 162 valence electrons. The quantitative estimate of drug-likeness (QED) is 0.462. The molecule has 0 aromatic heterocycles. The molecule has 1 atom stereocenters. The summed E-state index contributed by atoms with van der Waals surface area (Å²) in [5.74, 6) is -1.59. The average Bonchev–Trinajstić information content (AvgIpc) is 3.03. The van der Waals surface area contributed by atoms with Gasteiger partial charge in [-0.3, -0.25) is 24.9 Å². The van der Waals surface area contributed by atoms with Gasteiger partial charge >= 0.3 is 6.03 Å². The van der Waals surface area contributed by atoms with Crippen molar-refractivity contribution in [1.82, 2.24) is 15.6 Å². The topological polar surface area (TPSA) is 81.8 Å². The first-order valence-corrected chi connectivity index (χ1v) is 9.98. The molecule has 0 aliphatic carbocycles. The number of imide groups is 1. The number of carbonyl (C=O) groups excluding carboxylic acids is 3. The first kappa shape index (κ1) is 21.0. The Morgan fingerprint density at radius 2 is 1.47 bits per heavy atom. The second-order valence-corrected chi connectivity index (χ2v) is 7.49. The summed E-state index contributed by atoms with van der Waals surface area (Å²) in [7, 11) is 0. The predicted octanol–water partition coefficient (Wildman–Crippen LogP) is 3.46. The normalized spacial score (nSPS) is 17.8. The molecule has 1 heterocycles. The maximum absolute atomic E-state index is 13.3. The fourth-order valence-electron chi connectivity index (χ4n) is 3.56. The Balaban J connectivity index is 1.53. The van der Waals surface area contributed by atoms with Gasteiger partial charge in [-0.15, -0.1) is 0 Å². The number of hydrogen-bond acceptors (Lipinski definition) is 4. The van der Waals surface area contributed by atoms with Crippen LogP contribution in [0, 0.1) is 5.82 Å². The van der Waals surface area contributed by atoms with Crippen molar-refractivity contribution in [2.75, 3.05) is 11.6 Å². The van der Waals surface area contributed by atoms with Crippen molar-refractivity contribution in [2.24, 2.45) is 0 Å². The molecule has 1 saturated heterocycles. The van der Waals surface area contributed by atoms with Gasteiger partial charge in [-0.25, -0.2) is 9.18 Å². The third-order valence-electron chi connectivity index (χ3n) is 5.26. The zero-order chi connectivity index (χ0) is 22.7. The molecule has 1 aliphatic rings. The molecule has 1 aliphatic heterocycles. The Kier molecular flexibility index (Phi) is 5.59. The van der Waals surface area contributed by atoms with E-state index in [2.05, 4.69) is 10.7 Å². The monoisotopic (exact) mass is 432 g/mol. The van der Waals surface area contributed by atoms with Crippen LogP contribution >= 0.6 is 0 Å². The molecular weight excluding hydrogens is 411 g/mol. The Hall–Kier alpha value is -4.20. The van der Waals surface area contributed by atoms with E-state index in [-0.39, 0.29) is 0 Å². The highest BCUT2D eigenvalue weighted by Crippen LogP contribution is 2.29. The number of anilines is 2. The second-order valence-electron chi connectivity index (χ2n) is 7.49. The van der Waals surface area contributed by atoms with Crippen molar-refractivity contribution in [3.8, 4) is 0 Å². The van der Waals surface area contributed by atoms with Crippen LogP contribution in [0.3, 0.4) is 0 Å². The summed E-state index contributed by atoms with van der Waals surface area (Å²) in [6, 6.07) is 23.0. The van der Waals surface area contributed by atoms with Crippen molar-refractivity contribution in [3.63, 3.8) is 0 Å². The van der Waals surface area contributed by atoms with Crippen LogP contribution in [0.5, 0.6) is 0 Å². The Bertz CT molecular complexity index is 1100. The number of nitrogens with one attached hydrogen (secondary N) is 2. The van der Waals surface area contributed by atoms with Crippen LogP contribution in [-0.4, -0.2) is 29.3 Å². The number of urea groups is 1. The van der Waals surface area contributed by atoms with Gasteiger partial charge in [0, 0.05) is 0 Å². The van der Waals surface area contributed by atoms with E-state index in [1.165, 1.54) is 31.2 Å². The lowest BCUT2D eigenvalue weighted by Crippen LogP contribution is -2.47. The minimum atomic E-state index is -1.39. The summed E-state index contributed by atoms with van der Waals surface area (Å²) >= 11 is 0. The number of rotatable bonds is 6. The SMILES string of the molecule is CC1(c2ccc(F)cc2)NC(=O)N(CC(=O)NN(c2ccccc2)c2ccccc2)C1=O. The highest BCUT2D eigenvalue weighted by atomic mass is 19.1. The second kappa shape index (κ2) is 8.50. The van der Waals surface area contributed by atoms with E-state index in [0.29, 0.717) is 16.9 Å². The molecule has 3 aromatic carbocycles. The molecule has 7 nitrogen and oxygen atoms in total. The molecule has 1 unspecified atom stereocenters. The molecule has 2 N–H and O–H groups in total. The summed E-state index contributed by atoms with van der Waals surface area (Å²) in [6.07, 6.45) is 0. The molecule has 0 spiro atoms. The van der Waals surface area contributed by atoms with Gasteiger partial charge in [0.15, 0.2) is 0 Å². The molecule has 32 heavy (non-hydrogen) atoms. The molecular formula is C24H21FN4O3. The zero-order valence-electron chi connectivity index (χ0n) is 17.3. The van der Waals surface area contributed by atoms with Crippen molar-refractivity contribution in [2.45, 2.75) is 12.5 Å². The van der Waals surface area contributed by atoms with Crippen LogP contribution in [0.2, 0.25) is 0 Å². The lowest BCUT2D eigenvalue weighted by atomic mass is 9.92. The van der Waals surface area contributed by atoms with E-state index in [9.17, 15) is 18.8 Å². The van der Waals surface area contributed by atoms with Gasteiger partial charge in [0.1, 0.15) is 17.9 Å². The minimum absolute atomic E-state index is 0.426. The van der Waals surface area contributed by atoms with Crippen LogP contribution in [0.1, 0.15) is 12.5 Å². The number of para-hydroxylation sites is 2. The van der Waals surface area contributed by atoms with Crippen molar-refractivity contribution < 1.29 is 18.8 Å². The van der Waals surface area contributed by atoms with Crippen LogP contribution in [0.15, 0.2) is 84.9 Å². The van der Waals surface area contributed by atoms with Crippen LogP contribution in [0.4, 0.5) is 20.6 Å². The van der Waals surface area contributed by atoms with E-state index >= 15 is 0 Å². The maximum atomic E-state index is 13.3. The summed E-state index contributed by atoms with van der Waals surface area (Å²) in [5.41, 5.74) is 3.22. The van der Waals surface area contributed by atoms with Gasteiger partial charge in [0.25, 0.3) is 11.8 Å². The van der Waals surface area contributed by atoms with E-state index < -0.39 is 35.7 Å². The van der Waals surface area contributed by atoms with E-state index in [1.54, 1.807) is 5.01 Å². The lowest BCUT2D eigenvalue weighted by Gasteiger charge is -2.26. The van der Waals surface area contributed by atoms with Gasteiger partial charge in [-0.05, 0) is 48.9 Å². The summed E-state index contributed by atoms with van der Waals surface area (Å²) < 4.78 is 13.3. The highest BCUT2D eigenvalue weighted by molar-refractivity contribution is 6.09. The van der Waals surface area contributed by atoms with E-state index in [4.69, 9.17) is 0 Å². The number of nitrogens with zero attached hydrogens (tertiary/aromatic N) is 2. The minimum Gasteiger partial charge on any atom is -0.319 e. The van der Waals surface area contributed by atoms with Gasteiger partial charge < -0.3 is 5.32 Å². The number of amides is 4. The number of hydrazine groups is 1. The lowest BCUT2D eigenvalue weighted by molar-refractivity contribution is -0.134. The molecule has 3 aromatic rings. The molecule has 4 rings (SSSR count). The van der Waals surface area contributed by atoms with Crippen LogP contribution in [-0.2, 0) is 15.1 Å². The summed E-state index contributed by atoms with van der Waals surface area (Å²) in [5, 5.41) is 4.19. The van der Waals surface area contributed by atoms with Gasteiger partial charge in [0.2, 0.25) is 0 Å². The van der Waals surface area contributed by atoms with Crippen LogP contribution in [0.25, 0.3) is 0 Å². The number of benzene rings is 3. The molecule has 0 bridgehead atoms. The number of hydrogen-bond donors (Lipinski definition) is 2. The van der Waals surface area contributed by atoms with E-state index in [1.807, 2.05) is 60.7 Å². The Morgan fingerprint density at radius 3 is 2.00 bits per heavy atom. The maximum Gasteiger partial charge on any atom is 0.325 e. The fourth-order valence-corrected chi connectivity index (χ4v) is 3.56. The molecule has 1 fully saturated rings. The van der Waals surface area contributed by atoms with Gasteiger partial charge in [-0.1, -0.05) is 48.5 Å². The van der Waals surface area contributed by atoms with E-state index in [0.717, 1.165) is 4.90 Å². The smallest absolute Gasteiger partial charge is 0.319 e. The predicted molar refractivity (Wildman–Crippen MR) is 117 cm³/mol. The number of halogens is 1. The molecule has 8 heteroatoms. The van der Waals surface area contributed by atoms with Crippen molar-refractivity contribution in [1.29, 1.82) is 0 Å².